The van der Waals surface area contributed by atoms with Crippen LogP contribution in [0.2, 0.25) is 0 Å². The molecule has 1 unspecified atom stereocenters. The number of hydrogen-bond donors (Lipinski definition) is 1. The van der Waals surface area contributed by atoms with E-state index in [1.807, 2.05) is 43.3 Å². The quantitative estimate of drug-likeness (QED) is 0.907. The minimum Gasteiger partial charge on any atom is -0.378 e. The molecule has 23 heavy (non-hydrogen) atoms. The highest BCUT2D eigenvalue weighted by molar-refractivity contribution is 6.08. The first-order valence-corrected chi connectivity index (χ1v) is 7.56. The highest BCUT2D eigenvalue weighted by Crippen LogP contribution is 2.28. The van der Waals surface area contributed by atoms with Crippen LogP contribution in [0.15, 0.2) is 24.3 Å². The maximum atomic E-state index is 12.5. The summed E-state index contributed by atoms with van der Waals surface area (Å²) in [6.07, 6.45) is -0.0177. The lowest BCUT2D eigenvalue weighted by molar-refractivity contribution is -0.132. The van der Waals surface area contributed by atoms with Gasteiger partial charge in [-0.25, -0.2) is 4.79 Å². The maximum absolute atomic E-state index is 12.5. The summed E-state index contributed by atoms with van der Waals surface area (Å²) in [5, 5.41) is 2.33. The summed E-state index contributed by atoms with van der Waals surface area (Å²) < 4.78 is 0. The van der Waals surface area contributed by atoms with Gasteiger partial charge in [-0.1, -0.05) is 12.1 Å². The van der Waals surface area contributed by atoms with Crippen LogP contribution in [0.1, 0.15) is 38.7 Å². The maximum Gasteiger partial charge on any atom is 0.331 e. The van der Waals surface area contributed by atoms with Gasteiger partial charge in [0.1, 0.15) is 0 Å². The Morgan fingerprint density at radius 1 is 1.09 bits per heavy atom. The Hall–Kier alpha value is -2.37. The topological polar surface area (TPSA) is 69.7 Å². The van der Waals surface area contributed by atoms with Crippen molar-refractivity contribution < 1.29 is 14.4 Å². The Bertz CT molecular complexity index is 629. The summed E-state index contributed by atoms with van der Waals surface area (Å²) >= 11 is 0. The van der Waals surface area contributed by atoms with Gasteiger partial charge in [0.05, 0.1) is 5.92 Å². The first-order chi connectivity index (χ1) is 10.6. The van der Waals surface area contributed by atoms with Crippen molar-refractivity contribution in [1.29, 1.82) is 0 Å². The summed E-state index contributed by atoms with van der Waals surface area (Å²) in [4.78, 5) is 40.1. The van der Waals surface area contributed by atoms with Crippen LogP contribution in [0, 0.1) is 0 Å². The van der Waals surface area contributed by atoms with Crippen LogP contribution in [-0.4, -0.2) is 42.4 Å². The molecule has 1 aliphatic rings. The zero-order valence-corrected chi connectivity index (χ0v) is 14.2. The van der Waals surface area contributed by atoms with Crippen LogP contribution in [0.4, 0.5) is 10.5 Å². The molecule has 0 aromatic heterocycles. The third-order valence-corrected chi connectivity index (χ3v) is 3.86. The van der Waals surface area contributed by atoms with E-state index in [2.05, 4.69) is 5.32 Å². The summed E-state index contributed by atoms with van der Waals surface area (Å²) in [5.41, 5.74) is 1.05. The van der Waals surface area contributed by atoms with Crippen molar-refractivity contribution in [3.8, 4) is 0 Å². The zero-order valence-electron chi connectivity index (χ0n) is 14.2. The summed E-state index contributed by atoms with van der Waals surface area (Å²) in [6.45, 7) is 5.30. The standard InChI is InChI=1S/C17H23N3O3/c1-17(2,3)20-14(21)10-13(15(22)18-16(20)23)11-6-8-12(9-7-11)19(4)5/h6-9,13H,10H2,1-5H3,(H,18,22,23). The van der Waals surface area contributed by atoms with E-state index >= 15 is 0 Å². The molecule has 6 heteroatoms. The van der Waals surface area contributed by atoms with Gasteiger partial charge in [0.2, 0.25) is 11.8 Å². The van der Waals surface area contributed by atoms with Gasteiger partial charge in [-0.2, -0.15) is 0 Å². The average molecular weight is 317 g/mol. The molecule has 124 valence electrons. The first kappa shape index (κ1) is 17.0. The number of nitrogens with zero attached hydrogens (tertiary/aromatic N) is 2. The number of imide groups is 2. The fraction of sp³-hybridized carbons (Fsp3) is 0.471. The van der Waals surface area contributed by atoms with Gasteiger partial charge >= 0.3 is 6.03 Å². The molecule has 1 heterocycles. The van der Waals surface area contributed by atoms with Crippen LogP contribution in [0.25, 0.3) is 0 Å². The molecule has 1 aliphatic heterocycles. The molecule has 0 bridgehead atoms. The lowest BCUT2D eigenvalue weighted by Gasteiger charge is -2.32. The fourth-order valence-corrected chi connectivity index (χ4v) is 2.67. The highest BCUT2D eigenvalue weighted by atomic mass is 16.2. The second-order valence-corrected chi connectivity index (χ2v) is 6.94. The van der Waals surface area contributed by atoms with E-state index in [4.69, 9.17) is 0 Å². The smallest absolute Gasteiger partial charge is 0.331 e. The lowest BCUT2D eigenvalue weighted by Crippen LogP contribution is -2.52. The molecule has 4 amide bonds. The number of nitrogens with one attached hydrogen (secondary N) is 1. The molecule has 0 aliphatic carbocycles. The minimum absolute atomic E-state index is 0.0177. The third-order valence-electron chi connectivity index (χ3n) is 3.86. The van der Waals surface area contributed by atoms with E-state index in [9.17, 15) is 14.4 Å². The molecule has 0 radical (unpaired) electrons. The molecule has 1 fully saturated rings. The van der Waals surface area contributed by atoms with Crippen LogP contribution in [0.3, 0.4) is 0 Å². The second kappa shape index (κ2) is 6.02. The molecule has 1 aromatic rings. The molecule has 1 N–H and O–H groups in total. The number of rotatable bonds is 2. The van der Waals surface area contributed by atoms with Gasteiger partial charge in [0, 0.05) is 31.7 Å². The number of urea groups is 1. The number of hydrogen-bond acceptors (Lipinski definition) is 4. The second-order valence-electron chi connectivity index (χ2n) is 6.94. The Balaban J connectivity index is 2.32. The number of carbonyl (C=O) groups is 3. The fourth-order valence-electron chi connectivity index (χ4n) is 2.67. The summed E-state index contributed by atoms with van der Waals surface area (Å²) in [6, 6.07) is 6.77. The number of amides is 4. The molecular weight excluding hydrogens is 294 g/mol. The Labute approximate surface area is 136 Å². The van der Waals surface area contributed by atoms with E-state index in [1.54, 1.807) is 20.8 Å². The number of benzene rings is 1. The van der Waals surface area contributed by atoms with Crippen molar-refractivity contribution in [1.82, 2.24) is 10.2 Å². The van der Waals surface area contributed by atoms with Crippen molar-refractivity contribution in [2.75, 3.05) is 19.0 Å². The van der Waals surface area contributed by atoms with Crippen LogP contribution in [0.5, 0.6) is 0 Å². The van der Waals surface area contributed by atoms with E-state index in [1.165, 1.54) is 0 Å². The molecule has 1 aromatic carbocycles. The molecule has 2 rings (SSSR count). The highest BCUT2D eigenvalue weighted by Gasteiger charge is 2.40. The molecular formula is C17H23N3O3. The Morgan fingerprint density at radius 3 is 2.13 bits per heavy atom. The predicted octanol–water partition coefficient (Wildman–Crippen LogP) is 2.10. The zero-order chi connectivity index (χ0) is 17.4. The van der Waals surface area contributed by atoms with E-state index < -0.39 is 23.4 Å². The van der Waals surface area contributed by atoms with Gasteiger partial charge in [-0.3, -0.25) is 19.8 Å². The predicted molar refractivity (Wildman–Crippen MR) is 88.3 cm³/mol. The third kappa shape index (κ3) is 3.52. The average Bonchev–Trinajstić information content (AvgIpc) is 2.54. The van der Waals surface area contributed by atoms with Crippen molar-refractivity contribution in [2.24, 2.45) is 0 Å². The minimum atomic E-state index is -0.675. The van der Waals surface area contributed by atoms with Gasteiger partial charge in [0.15, 0.2) is 0 Å². The van der Waals surface area contributed by atoms with Crippen molar-refractivity contribution in [2.45, 2.75) is 38.6 Å². The van der Waals surface area contributed by atoms with Crippen LogP contribution in [-0.2, 0) is 9.59 Å². The molecule has 0 saturated carbocycles. The summed E-state index contributed by atoms with van der Waals surface area (Å²) in [5.74, 6) is -1.44. The lowest BCUT2D eigenvalue weighted by atomic mass is 9.94. The Kier molecular flexibility index (Phi) is 4.45. The monoisotopic (exact) mass is 317 g/mol. The van der Waals surface area contributed by atoms with E-state index in [0.29, 0.717) is 0 Å². The summed E-state index contributed by atoms with van der Waals surface area (Å²) in [7, 11) is 3.85. The number of anilines is 1. The van der Waals surface area contributed by atoms with E-state index in [-0.39, 0.29) is 12.3 Å². The molecule has 1 saturated heterocycles. The van der Waals surface area contributed by atoms with Gasteiger partial charge in [-0.05, 0) is 38.5 Å². The van der Waals surface area contributed by atoms with Crippen LogP contribution < -0.4 is 10.2 Å². The van der Waals surface area contributed by atoms with Gasteiger partial charge in [0.25, 0.3) is 0 Å². The van der Waals surface area contributed by atoms with Crippen molar-refractivity contribution >= 4 is 23.5 Å². The van der Waals surface area contributed by atoms with Crippen LogP contribution >= 0.6 is 0 Å². The van der Waals surface area contributed by atoms with Gasteiger partial charge < -0.3 is 4.90 Å². The molecule has 0 spiro atoms. The van der Waals surface area contributed by atoms with E-state index in [0.717, 1.165) is 16.2 Å². The van der Waals surface area contributed by atoms with Crippen molar-refractivity contribution in [3.63, 3.8) is 0 Å². The molecule has 1 atom stereocenters. The SMILES string of the molecule is CN(C)c1ccc(C2CC(=O)N(C(C)(C)C)C(=O)NC2=O)cc1. The first-order valence-electron chi connectivity index (χ1n) is 7.56. The Morgan fingerprint density at radius 2 is 1.65 bits per heavy atom. The largest absolute Gasteiger partial charge is 0.378 e. The van der Waals surface area contributed by atoms with Crippen molar-refractivity contribution in [3.05, 3.63) is 29.8 Å². The molecule has 6 nitrogen and oxygen atoms in total. The normalized spacial score (nSPS) is 19.4. The van der Waals surface area contributed by atoms with Gasteiger partial charge in [-0.15, -0.1) is 0 Å². The number of carbonyl (C=O) groups excluding carboxylic acids is 3.